The Balaban J connectivity index is 1.68. The Kier molecular flexibility index (Phi) is 3.69. The lowest BCUT2D eigenvalue weighted by molar-refractivity contribution is -0.153. The number of nitrogens with two attached hydrogens (primary N) is 1. The van der Waals surface area contributed by atoms with Crippen molar-refractivity contribution < 1.29 is 13.9 Å². The first-order chi connectivity index (χ1) is 9.58. The van der Waals surface area contributed by atoms with Crippen LogP contribution in [0.2, 0.25) is 0 Å². The van der Waals surface area contributed by atoms with Gasteiger partial charge in [0.2, 0.25) is 0 Å². The molecule has 3 nitrogen and oxygen atoms in total. The average molecular weight is 279 g/mol. The monoisotopic (exact) mass is 279 g/mol. The van der Waals surface area contributed by atoms with E-state index < -0.39 is 0 Å². The second-order valence-corrected chi connectivity index (χ2v) is 6.10. The normalized spacial score (nSPS) is 26.1. The van der Waals surface area contributed by atoms with E-state index in [1.165, 1.54) is 12.5 Å². The van der Waals surface area contributed by atoms with E-state index in [-0.39, 0.29) is 23.6 Å². The van der Waals surface area contributed by atoms with Crippen LogP contribution in [-0.4, -0.2) is 18.3 Å². The Morgan fingerprint density at radius 3 is 2.85 bits per heavy atom. The fourth-order valence-corrected chi connectivity index (χ4v) is 3.08. The summed E-state index contributed by atoms with van der Waals surface area (Å²) in [6.07, 6.45) is 5.21. The second-order valence-electron chi connectivity index (χ2n) is 6.10. The molecule has 1 aromatic rings. The Morgan fingerprint density at radius 2 is 2.25 bits per heavy atom. The molecule has 110 valence electrons. The molecule has 2 atom stereocenters. The number of ether oxygens (including phenoxy) is 2. The van der Waals surface area contributed by atoms with Crippen molar-refractivity contribution in [2.24, 2.45) is 5.73 Å². The Labute approximate surface area is 119 Å². The topological polar surface area (TPSA) is 44.5 Å². The Hall–Kier alpha value is -1.13. The standard InChI is InChI=1S/C16H22FNO2/c1-11(18)12-3-4-15(14(17)9-12)20-13-5-8-19-16(10-13)6-2-7-16/h3-4,9,11,13H,2,5-8,10,18H2,1H3. The minimum absolute atomic E-state index is 0.0190. The van der Waals surface area contributed by atoms with E-state index in [2.05, 4.69) is 0 Å². The number of halogens is 1. The van der Waals surface area contributed by atoms with Gasteiger partial charge in [-0.25, -0.2) is 4.39 Å². The quantitative estimate of drug-likeness (QED) is 0.923. The third kappa shape index (κ3) is 2.67. The number of benzene rings is 1. The van der Waals surface area contributed by atoms with Gasteiger partial charge in [-0.1, -0.05) is 6.07 Å². The van der Waals surface area contributed by atoms with Crippen LogP contribution in [-0.2, 0) is 4.74 Å². The van der Waals surface area contributed by atoms with Gasteiger partial charge in [-0.3, -0.25) is 0 Å². The molecule has 0 amide bonds. The first-order valence-electron chi connectivity index (χ1n) is 7.44. The summed E-state index contributed by atoms with van der Waals surface area (Å²) in [6.45, 7) is 2.55. The minimum Gasteiger partial charge on any atom is -0.487 e. The SMILES string of the molecule is CC(N)c1ccc(OC2CCOC3(CCC3)C2)c(F)c1. The highest BCUT2D eigenvalue weighted by molar-refractivity contribution is 5.31. The zero-order valence-electron chi connectivity index (χ0n) is 11.9. The molecule has 1 aromatic carbocycles. The molecule has 1 heterocycles. The van der Waals surface area contributed by atoms with Gasteiger partial charge in [0.1, 0.15) is 6.10 Å². The first kappa shape index (κ1) is 13.8. The van der Waals surface area contributed by atoms with Crippen LogP contribution in [0, 0.1) is 5.82 Å². The van der Waals surface area contributed by atoms with E-state index in [0.717, 1.165) is 31.2 Å². The van der Waals surface area contributed by atoms with Gasteiger partial charge in [0.25, 0.3) is 0 Å². The van der Waals surface area contributed by atoms with Gasteiger partial charge < -0.3 is 15.2 Å². The van der Waals surface area contributed by atoms with Gasteiger partial charge in [0.15, 0.2) is 11.6 Å². The van der Waals surface area contributed by atoms with Gasteiger partial charge in [-0.2, -0.15) is 0 Å². The minimum atomic E-state index is -0.325. The molecule has 4 heteroatoms. The van der Waals surface area contributed by atoms with Crippen LogP contribution < -0.4 is 10.5 Å². The molecular formula is C16H22FNO2. The fourth-order valence-electron chi connectivity index (χ4n) is 3.08. The maximum absolute atomic E-state index is 14.0. The Bertz CT molecular complexity index is 485. The van der Waals surface area contributed by atoms with Crippen molar-refractivity contribution in [2.75, 3.05) is 6.61 Å². The molecule has 1 saturated carbocycles. The van der Waals surface area contributed by atoms with Crippen molar-refractivity contribution in [3.05, 3.63) is 29.6 Å². The van der Waals surface area contributed by atoms with Crippen LogP contribution in [0.3, 0.4) is 0 Å². The first-order valence-corrected chi connectivity index (χ1v) is 7.44. The molecule has 1 spiro atoms. The van der Waals surface area contributed by atoms with Crippen LogP contribution in [0.25, 0.3) is 0 Å². The highest BCUT2D eigenvalue weighted by Gasteiger charge is 2.43. The Morgan fingerprint density at radius 1 is 1.45 bits per heavy atom. The van der Waals surface area contributed by atoms with Crippen LogP contribution >= 0.6 is 0 Å². The van der Waals surface area contributed by atoms with E-state index in [1.54, 1.807) is 6.07 Å². The van der Waals surface area contributed by atoms with Crippen molar-refractivity contribution in [2.45, 2.75) is 56.8 Å². The summed E-state index contributed by atoms with van der Waals surface area (Å²) in [5.41, 5.74) is 6.56. The van der Waals surface area contributed by atoms with Crippen LogP contribution in [0.4, 0.5) is 4.39 Å². The molecule has 2 fully saturated rings. The highest BCUT2D eigenvalue weighted by Crippen LogP contribution is 2.43. The van der Waals surface area contributed by atoms with Gasteiger partial charge in [-0.15, -0.1) is 0 Å². The predicted octanol–water partition coefficient (Wildman–Crippen LogP) is 3.33. The van der Waals surface area contributed by atoms with Crippen molar-refractivity contribution >= 4 is 0 Å². The third-order valence-electron chi connectivity index (χ3n) is 4.49. The van der Waals surface area contributed by atoms with Gasteiger partial charge in [0.05, 0.1) is 12.2 Å². The number of hydrogen-bond donors (Lipinski definition) is 1. The summed E-state index contributed by atoms with van der Waals surface area (Å²) in [5.74, 6) is 0.00437. The largest absolute Gasteiger partial charge is 0.487 e. The summed E-state index contributed by atoms with van der Waals surface area (Å²) in [6, 6.07) is 4.83. The lowest BCUT2D eigenvalue weighted by Gasteiger charge is -2.46. The van der Waals surface area contributed by atoms with E-state index in [9.17, 15) is 4.39 Å². The summed E-state index contributed by atoms with van der Waals surface area (Å²) in [7, 11) is 0. The molecule has 1 aliphatic heterocycles. The molecule has 2 N–H and O–H groups in total. The molecule has 1 saturated heterocycles. The second kappa shape index (κ2) is 5.34. The lowest BCUT2D eigenvalue weighted by Crippen LogP contribution is -2.48. The molecule has 3 rings (SSSR count). The zero-order valence-corrected chi connectivity index (χ0v) is 11.9. The summed E-state index contributed by atoms with van der Waals surface area (Å²) < 4.78 is 25.8. The van der Waals surface area contributed by atoms with E-state index >= 15 is 0 Å². The predicted molar refractivity (Wildman–Crippen MR) is 75.2 cm³/mol. The van der Waals surface area contributed by atoms with Crippen LogP contribution in [0.5, 0.6) is 5.75 Å². The number of hydrogen-bond acceptors (Lipinski definition) is 3. The molecule has 0 radical (unpaired) electrons. The van der Waals surface area contributed by atoms with E-state index in [1.807, 2.05) is 13.0 Å². The van der Waals surface area contributed by atoms with Crippen LogP contribution in [0.1, 0.15) is 50.6 Å². The third-order valence-corrected chi connectivity index (χ3v) is 4.49. The molecular weight excluding hydrogens is 257 g/mol. The molecule has 2 unspecified atom stereocenters. The zero-order chi connectivity index (χ0) is 14.2. The summed E-state index contributed by atoms with van der Waals surface area (Å²) in [4.78, 5) is 0. The molecule has 0 bridgehead atoms. The molecule has 1 aliphatic carbocycles. The molecule has 20 heavy (non-hydrogen) atoms. The number of rotatable bonds is 3. The van der Waals surface area contributed by atoms with E-state index in [4.69, 9.17) is 15.2 Å². The van der Waals surface area contributed by atoms with Crippen LogP contribution in [0.15, 0.2) is 18.2 Å². The van der Waals surface area contributed by atoms with Crippen molar-refractivity contribution in [1.82, 2.24) is 0 Å². The lowest BCUT2D eigenvalue weighted by atomic mass is 9.74. The van der Waals surface area contributed by atoms with Gasteiger partial charge >= 0.3 is 0 Å². The molecule has 2 aliphatic rings. The fraction of sp³-hybridized carbons (Fsp3) is 0.625. The summed E-state index contributed by atoms with van der Waals surface area (Å²) >= 11 is 0. The van der Waals surface area contributed by atoms with Gasteiger partial charge in [0, 0.05) is 18.9 Å². The van der Waals surface area contributed by atoms with Crippen molar-refractivity contribution in [1.29, 1.82) is 0 Å². The van der Waals surface area contributed by atoms with E-state index in [0.29, 0.717) is 12.4 Å². The highest BCUT2D eigenvalue weighted by atomic mass is 19.1. The maximum Gasteiger partial charge on any atom is 0.165 e. The molecule has 0 aromatic heterocycles. The van der Waals surface area contributed by atoms with Gasteiger partial charge in [-0.05, 0) is 43.9 Å². The maximum atomic E-state index is 14.0. The van der Waals surface area contributed by atoms with Crippen molar-refractivity contribution in [3.63, 3.8) is 0 Å². The van der Waals surface area contributed by atoms with Crippen molar-refractivity contribution in [3.8, 4) is 5.75 Å². The summed E-state index contributed by atoms with van der Waals surface area (Å²) in [5, 5.41) is 0. The smallest absolute Gasteiger partial charge is 0.165 e. The average Bonchev–Trinajstić information content (AvgIpc) is 2.39.